The number of Topliss-reactive ketones (excluding diaryl/α,β-unsaturated/α-hetero) is 1. The third-order valence-corrected chi connectivity index (χ3v) is 12.6. The maximum Gasteiger partial charge on any atom is 0.189 e. The maximum absolute atomic E-state index is 13.3. The molecule has 0 N–H and O–H groups in total. The van der Waals surface area contributed by atoms with Gasteiger partial charge in [0.15, 0.2) is 12.6 Å². The van der Waals surface area contributed by atoms with Crippen molar-refractivity contribution in [2.24, 2.45) is 17.3 Å². The highest BCUT2D eigenvalue weighted by atomic mass is 28.3. The molecule has 7 heteroatoms. The van der Waals surface area contributed by atoms with E-state index in [1.165, 1.54) is 11.6 Å². The number of carbonyl (C=O) groups is 1. The van der Waals surface area contributed by atoms with Crippen LogP contribution in [0.3, 0.4) is 0 Å². The van der Waals surface area contributed by atoms with Crippen LogP contribution in [0.2, 0.25) is 51.4 Å². The molecule has 1 aromatic rings. The molecule has 0 aliphatic heterocycles. The van der Waals surface area contributed by atoms with Crippen molar-refractivity contribution in [3.05, 3.63) is 29.3 Å². The SMILES string of the molecule is C[C@]12CC[C@@H]3c4ccc(OCOCC[Si](C)(C)C)cc4C(=O)C[C@H]3[C@@H]1CC[C@@H]2OCOCC[Si](C)(C)C. The quantitative estimate of drug-likeness (QED) is 0.154. The van der Waals surface area contributed by atoms with Gasteiger partial charge in [-0.15, -0.1) is 0 Å². The van der Waals surface area contributed by atoms with Crippen molar-refractivity contribution in [2.45, 2.75) is 102 Å². The molecule has 0 bridgehead atoms. The summed E-state index contributed by atoms with van der Waals surface area (Å²) in [7, 11) is -2.19. The van der Waals surface area contributed by atoms with Crippen molar-refractivity contribution < 1.29 is 23.7 Å². The molecule has 3 aliphatic rings. The predicted molar refractivity (Wildman–Crippen MR) is 155 cm³/mol. The second kappa shape index (κ2) is 11.6. The van der Waals surface area contributed by atoms with E-state index in [0.717, 1.165) is 56.3 Å². The molecule has 0 spiro atoms. The molecule has 0 unspecified atom stereocenters. The van der Waals surface area contributed by atoms with Crippen molar-refractivity contribution in [1.29, 1.82) is 0 Å². The van der Waals surface area contributed by atoms with Crippen molar-refractivity contribution in [3.63, 3.8) is 0 Å². The van der Waals surface area contributed by atoms with Gasteiger partial charge in [-0.3, -0.25) is 4.79 Å². The highest BCUT2D eigenvalue weighted by molar-refractivity contribution is 6.76. The summed E-state index contributed by atoms with van der Waals surface area (Å²) in [6.45, 7) is 18.7. The standard InChI is InChI=1S/C30H50O5Si2/c1-30-13-12-24-23-9-8-22(34-20-32-14-16-36(2,3)4)18-26(23)28(31)19-25(24)27(30)10-11-29(30)35-21-33-15-17-37(5,6)7/h8-9,18,24-25,27,29H,10-17,19-21H2,1-7H3/t24-,25-,27+,29+,30+/m1/s1. The molecule has 1 aromatic carbocycles. The van der Waals surface area contributed by atoms with Gasteiger partial charge in [-0.25, -0.2) is 0 Å². The van der Waals surface area contributed by atoms with Crippen molar-refractivity contribution in [3.8, 4) is 5.75 Å². The van der Waals surface area contributed by atoms with Crippen LogP contribution in [-0.2, 0) is 14.2 Å². The molecule has 0 aromatic heterocycles. The van der Waals surface area contributed by atoms with Crippen LogP contribution < -0.4 is 4.74 Å². The van der Waals surface area contributed by atoms with Gasteiger partial charge >= 0.3 is 0 Å². The predicted octanol–water partition coefficient (Wildman–Crippen LogP) is 7.57. The fourth-order valence-corrected chi connectivity index (χ4v) is 8.33. The number of benzene rings is 1. The van der Waals surface area contributed by atoms with Gasteiger partial charge in [0.1, 0.15) is 12.5 Å². The summed E-state index contributed by atoms with van der Waals surface area (Å²) >= 11 is 0. The number of fused-ring (bicyclic) bond motifs is 5. The Morgan fingerprint density at radius 2 is 1.59 bits per heavy atom. The van der Waals surface area contributed by atoms with E-state index >= 15 is 0 Å². The molecule has 4 rings (SSSR count). The van der Waals surface area contributed by atoms with Crippen LogP contribution >= 0.6 is 0 Å². The second-order valence-electron chi connectivity index (χ2n) is 14.3. The fourth-order valence-electron chi connectivity index (χ4n) is 6.81. The van der Waals surface area contributed by atoms with Crippen LogP contribution in [0.25, 0.3) is 0 Å². The van der Waals surface area contributed by atoms with E-state index in [4.69, 9.17) is 18.9 Å². The van der Waals surface area contributed by atoms with E-state index in [9.17, 15) is 4.79 Å². The second-order valence-corrected chi connectivity index (χ2v) is 25.6. The molecule has 3 aliphatic carbocycles. The van der Waals surface area contributed by atoms with Crippen LogP contribution in [-0.4, -0.2) is 54.8 Å². The Morgan fingerprint density at radius 3 is 2.27 bits per heavy atom. The lowest BCUT2D eigenvalue weighted by Gasteiger charge is -2.50. The maximum atomic E-state index is 13.3. The first kappa shape index (κ1) is 29.0. The molecule has 0 saturated heterocycles. The number of rotatable bonds is 12. The average molecular weight is 547 g/mol. The highest BCUT2D eigenvalue weighted by Gasteiger charge is 2.56. The summed E-state index contributed by atoms with van der Waals surface area (Å²) in [5.74, 6) is 2.41. The summed E-state index contributed by atoms with van der Waals surface area (Å²) in [6.07, 6.45) is 5.37. The topological polar surface area (TPSA) is 54.0 Å². The van der Waals surface area contributed by atoms with Gasteiger partial charge < -0.3 is 18.9 Å². The Labute approximate surface area is 227 Å². The van der Waals surface area contributed by atoms with Gasteiger partial charge in [0, 0.05) is 41.3 Å². The zero-order valence-corrected chi connectivity index (χ0v) is 26.4. The zero-order chi connectivity index (χ0) is 26.8. The van der Waals surface area contributed by atoms with E-state index < -0.39 is 16.1 Å². The monoisotopic (exact) mass is 546 g/mol. The number of ether oxygens (including phenoxy) is 4. The fraction of sp³-hybridized carbons (Fsp3) is 0.767. The van der Waals surface area contributed by atoms with Crippen molar-refractivity contribution >= 4 is 21.9 Å². The first-order valence-corrected chi connectivity index (χ1v) is 21.9. The number of hydrogen-bond acceptors (Lipinski definition) is 5. The number of ketones is 1. The van der Waals surface area contributed by atoms with Gasteiger partial charge in [-0.05, 0) is 78.6 Å². The molecule has 5 nitrogen and oxygen atoms in total. The summed E-state index contributed by atoms with van der Waals surface area (Å²) < 4.78 is 23.8. The van der Waals surface area contributed by atoms with E-state index in [0.29, 0.717) is 31.0 Å². The first-order valence-electron chi connectivity index (χ1n) is 14.4. The zero-order valence-electron chi connectivity index (χ0n) is 24.4. The molecule has 0 heterocycles. The van der Waals surface area contributed by atoms with Crippen molar-refractivity contribution in [1.82, 2.24) is 0 Å². The van der Waals surface area contributed by atoms with Crippen LogP contribution in [0, 0.1) is 17.3 Å². The van der Waals surface area contributed by atoms with Crippen LogP contribution in [0.4, 0.5) is 0 Å². The van der Waals surface area contributed by atoms with E-state index in [2.05, 4.69) is 52.3 Å². The Hall–Kier alpha value is -0.996. The largest absolute Gasteiger partial charge is 0.468 e. The van der Waals surface area contributed by atoms with Gasteiger partial charge in [0.05, 0.1) is 6.10 Å². The number of carbonyl (C=O) groups excluding carboxylic acids is 1. The highest BCUT2D eigenvalue weighted by Crippen LogP contribution is 2.61. The molecule has 0 amide bonds. The van der Waals surface area contributed by atoms with E-state index in [-0.39, 0.29) is 24.1 Å². The summed E-state index contributed by atoms with van der Waals surface area (Å²) in [5.41, 5.74) is 2.23. The lowest BCUT2D eigenvalue weighted by Crippen LogP contribution is -2.45. The Bertz CT molecular complexity index is 937. The Balaban J connectivity index is 1.34. The molecular weight excluding hydrogens is 496 g/mol. The van der Waals surface area contributed by atoms with Gasteiger partial charge in [0.25, 0.3) is 0 Å². The summed E-state index contributed by atoms with van der Waals surface area (Å²) in [6, 6.07) is 8.44. The molecule has 0 radical (unpaired) electrons. The van der Waals surface area contributed by atoms with Gasteiger partial charge in [-0.2, -0.15) is 0 Å². The lowest BCUT2D eigenvalue weighted by atomic mass is 9.55. The molecule has 208 valence electrons. The van der Waals surface area contributed by atoms with Crippen LogP contribution in [0.1, 0.15) is 60.9 Å². The average Bonchev–Trinajstić information content (AvgIpc) is 3.14. The smallest absolute Gasteiger partial charge is 0.189 e. The first-order chi connectivity index (χ1) is 17.4. The van der Waals surface area contributed by atoms with Gasteiger partial charge in [0.2, 0.25) is 0 Å². The van der Waals surface area contributed by atoms with Gasteiger partial charge in [-0.1, -0.05) is 52.3 Å². The molecule has 2 fully saturated rings. The molecule has 2 saturated carbocycles. The van der Waals surface area contributed by atoms with E-state index in [1.807, 2.05) is 12.1 Å². The van der Waals surface area contributed by atoms with Crippen molar-refractivity contribution in [2.75, 3.05) is 26.8 Å². The minimum absolute atomic E-state index is 0.136. The lowest BCUT2D eigenvalue weighted by molar-refractivity contribution is -0.133. The van der Waals surface area contributed by atoms with Crippen LogP contribution in [0.5, 0.6) is 5.75 Å². The molecular formula is C30H50O5Si2. The van der Waals surface area contributed by atoms with E-state index in [1.54, 1.807) is 0 Å². The minimum atomic E-state index is -1.11. The number of hydrogen-bond donors (Lipinski definition) is 0. The summed E-state index contributed by atoms with van der Waals surface area (Å²) in [4.78, 5) is 13.3. The third-order valence-electron chi connectivity index (χ3n) is 9.15. The van der Waals surface area contributed by atoms with Crippen LogP contribution in [0.15, 0.2) is 18.2 Å². The molecule has 37 heavy (non-hydrogen) atoms. The summed E-state index contributed by atoms with van der Waals surface area (Å²) in [5, 5.41) is 0. The third kappa shape index (κ3) is 7.15. The Morgan fingerprint density at radius 1 is 0.919 bits per heavy atom. The Kier molecular flexibility index (Phi) is 9.11. The normalized spacial score (nSPS) is 29.5. The minimum Gasteiger partial charge on any atom is -0.468 e. The molecule has 5 atom stereocenters.